The predicted molar refractivity (Wildman–Crippen MR) is 159 cm³/mol. The molecule has 2 aliphatic heterocycles. The molecular weight excluding hydrogens is 598 g/mol. The number of amides is 3. The van der Waals surface area contributed by atoms with Gasteiger partial charge in [-0.05, 0) is 49.4 Å². The van der Waals surface area contributed by atoms with E-state index in [0.717, 1.165) is 44.1 Å². The third kappa shape index (κ3) is 5.56. The Morgan fingerprint density at radius 1 is 0.952 bits per heavy atom. The number of halogens is 2. The van der Waals surface area contributed by atoms with E-state index in [1.165, 1.54) is 27.4 Å². The van der Waals surface area contributed by atoms with Crippen LogP contribution in [-0.4, -0.2) is 85.5 Å². The van der Waals surface area contributed by atoms with E-state index in [4.69, 9.17) is 31.0 Å². The third-order valence-corrected chi connectivity index (χ3v) is 11.3. The van der Waals surface area contributed by atoms with Crippen LogP contribution in [0.25, 0.3) is 0 Å². The fourth-order valence-corrected chi connectivity index (χ4v) is 8.73. The Kier molecular flexibility index (Phi) is 8.06. The van der Waals surface area contributed by atoms with E-state index in [0.29, 0.717) is 5.46 Å². The quantitative estimate of drug-likeness (QED) is 0.474. The van der Waals surface area contributed by atoms with Crippen molar-refractivity contribution in [2.75, 3.05) is 13.1 Å². The molecule has 0 bridgehead atoms. The van der Waals surface area contributed by atoms with Gasteiger partial charge >= 0.3 is 0 Å². The topological polar surface area (TPSA) is 107 Å². The lowest BCUT2D eigenvalue weighted by Crippen LogP contribution is -2.76. The van der Waals surface area contributed by atoms with Crippen molar-refractivity contribution in [3.05, 3.63) is 58.1 Å². The Labute approximate surface area is 257 Å². The summed E-state index contributed by atoms with van der Waals surface area (Å²) in [5, 5.41) is 3.07. The zero-order valence-electron chi connectivity index (χ0n) is 22.9. The number of hydrogen-bond donors (Lipinski definition) is 1. The monoisotopic (exact) mass is 628 g/mol. The second-order valence-electron chi connectivity index (χ2n) is 11.6. The summed E-state index contributed by atoms with van der Waals surface area (Å²) < 4.78 is 29.8. The van der Waals surface area contributed by atoms with Crippen molar-refractivity contribution in [3.63, 3.8) is 0 Å². The van der Waals surface area contributed by atoms with Crippen molar-refractivity contribution in [2.24, 2.45) is 5.92 Å². The van der Waals surface area contributed by atoms with Crippen LogP contribution in [0.4, 0.5) is 0 Å². The number of carbonyl (C=O) groups is 3. The summed E-state index contributed by atoms with van der Waals surface area (Å²) >= 11 is 12.5. The molecule has 3 amide bonds. The van der Waals surface area contributed by atoms with Crippen molar-refractivity contribution in [2.45, 2.75) is 74.1 Å². The standard InChI is InChI=1S/C29H31BCl2N4O5S/c30-19-7-5-17(6-8-19)13-24-29(39)34(21-10-11-21)16-26-35(42(40,41)25-12-9-20(31)14-22(25)32)15-23(28(38)36(24)26)33-27(37)18-3-1-2-4-18/h5-9,12,14,18,21,23-24,26H,1-4,10-11,13,15-16H2,(H,33,37). The molecule has 4 aliphatic rings. The lowest BCUT2D eigenvalue weighted by Gasteiger charge is -2.53. The Balaban J connectivity index is 1.42. The average Bonchev–Trinajstić information content (AvgIpc) is 3.64. The lowest BCUT2D eigenvalue weighted by molar-refractivity contribution is -0.168. The minimum Gasteiger partial charge on any atom is -0.343 e. The SMILES string of the molecule is [B]c1ccc(CC2C(=O)N(C3CC3)CC3N2C(=O)C(NC(=O)C2CCCC2)CN3S(=O)(=O)c2ccc(Cl)cc2Cl)cc1. The molecule has 2 aliphatic carbocycles. The van der Waals surface area contributed by atoms with Crippen LogP contribution in [0, 0.1) is 5.92 Å². The third-order valence-electron chi connectivity index (χ3n) is 8.75. The summed E-state index contributed by atoms with van der Waals surface area (Å²) in [5.41, 5.74) is 1.34. The molecule has 1 N–H and O–H groups in total. The lowest BCUT2D eigenvalue weighted by atomic mass is 9.92. The molecule has 0 spiro atoms. The van der Waals surface area contributed by atoms with Gasteiger partial charge in [0.05, 0.1) is 11.6 Å². The first kappa shape index (κ1) is 29.5. The smallest absolute Gasteiger partial charge is 0.248 e. The van der Waals surface area contributed by atoms with E-state index in [9.17, 15) is 22.8 Å². The maximum Gasteiger partial charge on any atom is 0.248 e. The minimum absolute atomic E-state index is 0.00728. The minimum atomic E-state index is -4.30. The van der Waals surface area contributed by atoms with Crippen LogP contribution in [0.2, 0.25) is 10.0 Å². The number of fused-ring (bicyclic) bond motifs is 1. The van der Waals surface area contributed by atoms with Crippen molar-refractivity contribution in [1.29, 1.82) is 0 Å². The van der Waals surface area contributed by atoms with Crippen LogP contribution in [-0.2, 0) is 30.8 Å². The zero-order valence-corrected chi connectivity index (χ0v) is 25.2. The molecule has 4 fully saturated rings. The Morgan fingerprint density at radius 3 is 2.29 bits per heavy atom. The maximum absolute atomic E-state index is 14.3. The molecule has 0 aromatic heterocycles. The van der Waals surface area contributed by atoms with Crippen molar-refractivity contribution >= 4 is 64.3 Å². The van der Waals surface area contributed by atoms with Crippen molar-refractivity contribution < 1.29 is 22.8 Å². The summed E-state index contributed by atoms with van der Waals surface area (Å²) in [6.45, 7) is -0.248. The Hall–Kier alpha value is -2.60. The van der Waals surface area contributed by atoms with Gasteiger partial charge in [0.15, 0.2) is 0 Å². The molecule has 2 saturated carbocycles. The highest BCUT2D eigenvalue weighted by atomic mass is 35.5. The van der Waals surface area contributed by atoms with E-state index >= 15 is 0 Å². The highest BCUT2D eigenvalue weighted by Crippen LogP contribution is 2.38. The van der Waals surface area contributed by atoms with Gasteiger partial charge in [0.2, 0.25) is 27.7 Å². The number of nitrogens with zero attached hydrogens (tertiary/aromatic N) is 3. The summed E-state index contributed by atoms with van der Waals surface area (Å²) in [5.74, 6) is -1.21. The molecule has 9 nitrogen and oxygen atoms in total. The molecule has 220 valence electrons. The van der Waals surface area contributed by atoms with Gasteiger partial charge in [-0.15, -0.1) is 0 Å². The molecule has 2 radical (unpaired) electrons. The molecule has 2 saturated heterocycles. The highest BCUT2D eigenvalue weighted by Gasteiger charge is 2.56. The molecule has 42 heavy (non-hydrogen) atoms. The van der Waals surface area contributed by atoms with Gasteiger partial charge in [-0.1, -0.05) is 65.8 Å². The normalized spacial score (nSPS) is 25.5. The molecular formula is C29H31BCl2N4O5S. The fourth-order valence-electron chi connectivity index (χ4n) is 6.39. The molecule has 3 unspecified atom stereocenters. The maximum atomic E-state index is 14.3. The first-order valence-corrected chi connectivity index (χ1v) is 16.5. The number of rotatable bonds is 7. The Bertz CT molecular complexity index is 1510. The van der Waals surface area contributed by atoms with Gasteiger partial charge in [-0.2, -0.15) is 4.31 Å². The summed E-state index contributed by atoms with van der Waals surface area (Å²) in [6.07, 6.45) is 4.11. The van der Waals surface area contributed by atoms with Crippen molar-refractivity contribution in [1.82, 2.24) is 19.4 Å². The number of piperazine rings is 1. The first-order valence-electron chi connectivity index (χ1n) is 14.3. The second kappa shape index (κ2) is 11.5. The van der Waals surface area contributed by atoms with E-state index in [-0.39, 0.29) is 58.2 Å². The summed E-state index contributed by atoms with van der Waals surface area (Å²) in [6, 6.07) is 9.03. The zero-order chi connectivity index (χ0) is 29.8. The molecule has 2 heterocycles. The van der Waals surface area contributed by atoms with Gasteiger partial charge in [0.25, 0.3) is 0 Å². The van der Waals surface area contributed by atoms with E-state index < -0.39 is 34.2 Å². The number of hydrogen-bond acceptors (Lipinski definition) is 5. The number of benzene rings is 2. The number of sulfonamides is 1. The van der Waals surface area contributed by atoms with Crippen LogP contribution in [0.1, 0.15) is 44.1 Å². The molecule has 3 atom stereocenters. The fraction of sp³-hybridized carbons (Fsp3) is 0.483. The van der Waals surface area contributed by atoms with E-state index in [1.807, 2.05) is 0 Å². The molecule has 2 aromatic rings. The van der Waals surface area contributed by atoms with Crippen molar-refractivity contribution in [3.8, 4) is 0 Å². The average molecular weight is 629 g/mol. The first-order chi connectivity index (χ1) is 20.0. The van der Waals surface area contributed by atoms with Gasteiger partial charge < -0.3 is 15.1 Å². The molecule has 13 heteroatoms. The largest absolute Gasteiger partial charge is 0.343 e. The van der Waals surface area contributed by atoms with Crippen LogP contribution in [0.5, 0.6) is 0 Å². The van der Waals surface area contributed by atoms with E-state index in [1.54, 1.807) is 29.2 Å². The van der Waals surface area contributed by atoms with Crippen LogP contribution in [0.15, 0.2) is 47.4 Å². The van der Waals surface area contributed by atoms with Gasteiger partial charge in [0.1, 0.15) is 31.0 Å². The number of nitrogens with one attached hydrogen (secondary N) is 1. The molecule has 6 rings (SSSR count). The van der Waals surface area contributed by atoms with Crippen LogP contribution in [0.3, 0.4) is 0 Å². The Morgan fingerprint density at radius 2 is 1.64 bits per heavy atom. The molecule has 2 aromatic carbocycles. The van der Waals surface area contributed by atoms with Gasteiger partial charge in [-0.3, -0.25) is 14.4 Å². The predicted octanol–water partition coefficient (Wildman–Crippen LogP) is 2.24. The number of carbonyl (C=O) groups excluding carboxylic acids is 3. The van der Waals surface area contributed by atoms with Crippen LogP contribution < -0.4 is 10.8 Å². The van der Waals surface area contributed by atoms with Crippen LogP contribution >= 0.6 is 23.2 Å². The van der Waals surface area contributed by atoms with Gasteiger partial charge in [-0.25, -0.2) is 8.42 Å². The van der Waals surface area contributed by atoms with Gasteiger partial charge in [0, 0.05) is 29.9 Å². The summed E-state index contributed by atoms with van der Waals surface area (Å²) in [7, 11) is 1.58. The van der Waals surface area contributed by atoms with E-state index in [2.05, 4.69) is 5.32 Å². The second-order valence-corrected chi connectivity index (χ2v) is 14.3. The highest BCUT2D eigenvalue weighted by molar-refractivity contribution is 7.89. The summed E-state index contributed by atoms with van der Waals surface area (Å²) in [4.78, 5) is 44.2.